The average molecular weight is 598 g/mol. The predicted molar refractivity (Wildman–Crippen MR) is 145 cm³/mol. The van der Waals surface area contributed by atoms with Gasteiger partial charge in [0.15, 0.2) is 17.1 Å². The molecule has 5 heterocycles. The maximum absolute atomic E-state index is 14.2. The lowest BCUT2D eigenvalue weighted by atomic mass is 9.94. The number of sulfone groups is 1. The molecule has 0 bridgehead atoms. The fraction of sp³-hybridized carbons (Fsp3) is 0.520. The van der Waals surface area contributed by atoms with E-state index in [9.17, 15) is 21.6 Å². The molecule has 0 aliphatic carbocycles. The zero-order valence-corrected chi connectivity index (χ0v) is 24.1. The summed E-state index contributed by atoms with van der Waals surface area (Å²) in [4.78, 5) is 10.5. The number of alkyl halides is 3. The number of fused-ring (bicyclic) bond motifs is 1. The Balaban J connectivity index is 1.50. The first-order valence-corrected chi connectivity index (χ1v) is 15.7. The molecule has 216 valence electrons. The number of halogens is 3. The van der Waals surface area contributed by atoms with Crippen molar-refractivity contribution in [2.45, 2.75) is 44.7 Å². The molecule has 4 aromatic heterocycles. The molecule has 0 unspecified atom stereocenters. The van der Waals surface area contributed by atoms with Crippen molar-refractivity contribution in [3.8, 4) is 27.7 Å². The van der Waals surface area contributed by atoms with Gasteiger partial charge in [-0.2, -0.15) is 23.4 Å². The maximum atomic E-state index is 14.2. The highest BCUT2D eigenvalue weighted by molar-refractivity contribution is 7.90. The molecule has 4 aromatic rings. The Kier molecular flexibility index (Phi) is 7.65. The van der Waals surface area contributed by atoms with E-state index in [0.717, 1.165) is 16.9 Å². The number of likely N-dealkylation sites (tertiary alicyclic amines) is 1. The van der Waals surface area contributed by atoms with Crippen molar-refractivity contribution in [2.24, 2.45) is 0 Å². The maximum Gasteiger partial charge on any atom is 0.434 e. The summed E-state index contributed by atoms with van der Waals surface area (Å²) in [7, 11) is -1.58. The van der Waals surface area contributed by atoms with Gasteiger partial charge in [0.05, 0.1) is 24.3 Å². The Bertz CT molecular complexity index is 1620. The highest BCUT2D eigenvalue weighted by atomic mass is 32.2. The Morgan fingerprint density at radius 1 is 1.25 bits per heavy atom. The van der Waals surface area contributed by atoms with Crippen molar-refractivity contribution in [3.05, 3.63) is 34.7 Å². The quantitative estimate of drug-likeness (QED) is 0.313. The van der Waals surface area contributed by atoms with Crippen LogP contribution in [0.3, 0.4) is 0 Å². The second-order valence-electron chi connectivity index (χ2n) is 10.3. The first kappa shape index (κ1) is 28.5. The third-order valence-electron chi connectivity index (χ3n) is 7.09. The van der Waals surface area contributed by atoms with Crippen LogP contribution >= 0.6 is 11.3 Å². The van der Waals surface area contributed by atoms with Crippen LogP contribution in [0, 0.1) is 0 Å². The molecule has 0 amide bonds. The Morgan fingerprint density at radius 3 is 2.60 bits per heavy atom. The molecule has 1 saturated heterocycles. The fourth-order valence-electron chi connectivity index (χ4n) is 5.10. The SMILES string of the molecule is COc1cc(-c2n[nH]c(-c3nc(C(F)(F)F)c(C4CCN(CCS(C)(=O)=O)CC4)s3)c2C(C)C)cn2ncnc12. The molecule has 15 heteroatoms. The number of ether oxygens (including phenoxy) is 1. The molecule has 0 saturated carbocycles. The second-order valence-corrected chi connectivity index (χ2v) is 13.6. The van der Waals surface area contributed by atoms with Crippen molar-refractivity contribution in [1.82, 2.24) is 34.7 Å². The lowest BCUT2D eigenvalue weighted by Gasteiger charge is -2.31. The van der Waals surface area contributed by atoms with Crippen molar-refractivity contribution < 1.29 is 26.3 Å². The minimum absolute atomic E-state index is 0.0338. The second kappa shape index (κ2) is 10.7. The summed E-state index contributed by atoms with van der Waals surface area (Å²) < 4.78 is 72.7. The number of aromatic amines is 1. The van der Waals surface area contributed by atoms with E-state index in [1.807, 2.05) is 18.7 Å². The molecule has 1 fully saturated rings. The number of nitrogens with one attached hydrogen (secondary N) is 1. The number of nitrogens with zero attached hydrogens (tertiary/aromatic N) is 6. The van der Waals surface area contributed by atoms with Crippen LogP contribution in [0.2, 0.25) is 0 Å². The van der Waals surface area contributed by atoms with Gasteiger partial charge in [-0.25, -0.2) is 22.9 Å². The molecule has 10 nitrogen and oxygen atoms in total. The van der Waals surface area contributed by atoms with E-state index >= 15 is 0 Å². The van der Waals surface area contributed by atoms with E-state index in [1.54, 1.807) is 16.8 Å². The lowest BCUT2D eigenvalue weighted by molar-refractivity contribution is -0.141. The summed E-state index contributed by atoms with van der Waals surface area (Å²) in [6, 6.07) is 1.78. The fourth-order valence-corrected chi connectivity index (χ4v) is 6.96. The zero-order valence-electron chi connectivity index (χ0n) is 22.5. The molecule has 0 spiro atoms. The third kappa shape index (κ3) is 5.72. The highest BCUT2D eigenvalue weighted by Crippen LogP contribution is 2.46. The van der Waals surface area contributed by atoms with E-state index in [4.69, 9.17) is 4.74 Å². The van der Waals surface area contributed by atoms with Crippen molar-refractivity contribution in [1.29, 1.82) is 0 Å². The van der Waals surface area contributed by atoms with Crippen LogP contribution in [-0.2, 0) is 16.0 Å². The van der Waals surface area contributed by atoms with Crippen LogP contribution in [0.25, 0.3) is 27.6 Å². The first-order chi connectivity index (χ1) is 18.9. The molecule has 0 aromatic carbocycles. The normalized spacial score (nSPS) is 15.9. The van der Waals surface area contributed by atoms with E-state index in [2.05, 4.69) is 25.3 Å². The monoisotopic (exact) mass is 597 g/mol. The van der Waals surface area contributed by atoms with Crippen molar-refractivity contribution >= 4 is 26.8 Å². The molecule has 5 rings (SSSR count). The summed E-state index contributed by atoms with van der Waals surface area (Å²) >= 11 is 1.05. The molecule has 1 aliphatic rings. The van der Waals surface area contributed by atoms with Gasteiger partial charge in [0.1, 0.15) is 21.2 Å². The number of aromatic nitrogens is 6. The molecule has 1 N–H and O–H groups in total. The molecule has 1 aliphatic heterocycles. The number of thiazole rings is 1. The van der Waals surface area contributed by atoms with Gasteiger partial charge in [-0.15, -0.1) is 11.3 Å². The predicted octanol–water partition coefficient (Wildman–Crippen LogP) is 4.62. The van der Waals surface area contributed by atoms with E-state index < -0.39 is 21.7 Å². The summed E-state index contributed by atoms with van der Waals surface area (Å²) in [5.74, 6) is 0.127. The highest BCUT2D eigenvalue weighted by Gasteiger charge is 2.41. The van der Waals surface area contributed by atoms with Gasteiger partial charge in [0.2, 0.25) is 0 Å². The standard InChI is InChI=1S/C25H30F3N7O3S2/c1-14(2)18-19(16-11-17(38-3)23-29-13-30-35(23)12-16)32-33-20(18)24-31-22(25(26,27)28)21(39-24)15-5-7-34(8-6-15)9-10-40(4,36)37/h11-15H,5-10H2,1-4H3,(H,32,33). The van der Waals surface area contributed by atoms with Gasteiger partial charge in [0, 0.05) is 35.0 Å². The van der Waals surface area contributed by atoms with E-state index in [0.29, 0.717) is 60.8 Å². The zero-order chi connectivity index (χ0) is 28.8. The summed E-state index contributed by atoms with van der Waals surface area (Å²) in [6.45, 7) is 5.35. The first-order valence-electron chi connectivity index (χ1n) is 12.8. The smallest absolute Gasteiger partial charge is 0.434 e. The summed E-state index contributed by atoms with van der Waals surface area (Å²) in [6.07, 6.45) is 0.734. The number of pyridine rings is 1. The number of methoxy groups -OCH3 is 1. The number of hydrogen-bond acceptors (Lipinski definition) is 9. The van der Waals surface area contributed by atoms with E-state index in [1.165, 1.54) is 19.7 Å². The lowest BCUT2D eigenvalue weighted by Crippen LogP contribution is -2.36. The minimum Gasteiger partial charge on any atom is -0.493 e. The number of hydrogen-bond donors (Lipinski definition) is 1. The largest absolute Gasteiger partial charge is 0.493 e. The molecule has 0 radical (unpaired) electrons. The van der Waals surface area contributed by atoms with E-state index in [-0.39, 0.29) is 27.5 Å². The minimum atomic E-state index is -4.61. The molecule has 0 atom stereocenters. The van der Waals surface area contributed by atoms with Crippen LogP contribution < -0.4 is 4.74 Å². The Hall–Kier alpha value is -3.04. The van der Waals surface area contributed by atoms with Gasteiger partial charge in [-0.1, -0.05) is 13.8 Å². The number of piperidine rings is 1. The number of H-pyrrole nitrogens is 1. The summed E-state index contributed by atoms with van der Waals surface area (Å²) in [5.41, 5.74) is 2.12. The Labute approximate surface area is 233 Å². The Morgan fingerprint density at radius 2 is 1.98 bits per heavy atom. The van der Waals surface area contributed by atoms with Crippen LogP contribution in [0.1, 0.15) is 54.7 Å². The number of rotatable bonds is 8. The molecular formula is C25H30F3N7O3S2. The van der Waals surface area contributed by atoms with Crippen molar-refractivity contribution in [2.75, 3.05) is 38.8 Å². The van der Waals surface area contributed by atoms with Crippen LogP contribution in [0.15, 0.2) is 18.6 Å². The van der Waals surface area contributed by atoms with Crippen LogP contribution in [0.4, 0.5) is 13.2 Å². The van der Waals surface area contributed by atoms with Gasteiger partial charge in [0.25, 0.3) is 0 Å². The third-order valence-corrected chi connectivity index (χ3v) is 9.25. The average Bonchev–Trinajstić information content (AvgIpc) is 3.64. The van der Waals surface area contributed by atoms with Crippen LogP contribution in [0.5, 0.6) is 5.75 Å². The van der Waals surface area contributed by atoms with Gasteiger partial charge in [-0.3, -0.25) is 5.10 Å². The van der Waals surface area contributed by atoms with Crippen LogP contribution in [-0.4, -0.2) is 81.8 Å². The topological polar surface area (TPSA) is 118 Å². The van der Waals surface area contributed by atoms with Gasteiger partial charge >= 0.3 is 6.18 Å². The summed E-state index contributed by atoms with van der Waals surface area (Å²) in [5, 5.41) is 11.9. The van der Waals surface area contributed by atoms with Crippen molar-refractivity contribution in [3.63, 3.8) is 0 Å². The molecule has 40 heavy (non-hydrogen) atoms. The van der Waals surface area contributed by atoms with Gasteiger partial charge in [-0.05, 0) is 43.8 Å². The van der Waals surface area contributed by atoms with Gasteiger partial charge < -0.3 is 9.64 Å². The molecular weight excluding hydrogens is 567 g/mol.